The van der Waals surface area contributed by atoms with Gasteiger partial charge in [0.2, 0.25) is 0 Å². The second kappa shape index (κ2) is 8.75. The van der Waals surface area contributed by atoms with E-state index in [2.05, 4.69) is 18.2 Å². The lowest BCUT2D eigenvalue weighted by Gasteiger charge is -2.25. The lowest BCUT2D eigenvalue weighted by atomic mass is 9.99. The van der Waals surface area contributed by atoms with Crippen LogP contribution in [0.5, 0.6) is 5.75 Å². The van der Waals surface area contributed by atoms with Gasteiger partial charge in [0.25, 0.3) is 5.91 Å². The van der Waals surface area contributed by atoms with Crippen molar-refractivity contribution in [2.45, 2.75) is 45.0 Å². The molecular weight excluding hydrogens is 378 g/mol. The average Bonchev–Trinajstić information content (AvgIpc) is 2.62. The van der Waals surface area contributed by atoms with Crippen molar-refractivity contribution in [3.63, 3.8) is 0 Å². The minimum absolute atomic E-state index is 0.0565. The fraction of sp³-hybridized carbons (Fsp3) is 0.381. The van der Waals surface area contributed by atoms with Gasteiger partial charge in [-0.2, -0.15) is 0 Å². The SMILES string of the molecule is Cc1cc(C)cc(COc2ccc(CCC(C)(C(=O)NO)S(C)(=O)=O)cc2)c1. The maximum Gasteiger partial charge on any atom is 0.264 e. The topological polar surface area (TPSA) is 92.7 Å². The van der Waals surface area contributed by atoms with E-state index in [9.17, 15) is 13.2 Å². The quantitative estimate of drug-likeness (QED) is 0.520. The standard InChI is InChI=1S/C21H27NO5S/c1-15-11-16(2)13-18(12-15)14-27-19-7-5-17(6-8-19)9-10-21(3,20(23)22-24)28(4,25)26/h5-8,11-13,24H,9-10,14H2,1-4H3,(H,22,23). The van der Waals surface area contributed by atoms with Crippen LogP contribution in [0.4, 0.5) is 0 Å². The van der Waals surface area contributed by atoms with E-state index in [-0.39, 0.29) is 6.42 Å². The number of hydrogen-bond donors (Lipinski definition) is 2. The van der Waals surface area contributed by atoms with Crippen molar-refractivity contribution in [2.24, 2.45) is 0 Å². The number of hydrogen-bond acceptors (Lipinski definition) is 5. The lowest BCUT2D eigenvalue weighted by molar-refractivity contribution is -0.131. The summed E-state index contributed by atoms with van der Waals surface area (Å²) in [5.74, 6) is -0.217. The van der Waals surface area contributed by atoms with Crippen molar-refractivity contribution >= 4 is 15.7 Å². The molecule has 0 aliphatic rings. The lowest BCUT2D eigenvalue weighted by Crippen LogP contribution is -2.49. The molecule has 0 saturated heterocycles. The van der Waals surface area contributed by atoms with Crippen LogP contribution in [0, 0.1) is 13.8 Å². The third-order valence-electron chi connectivity index (χ3n) is 4.90. The third kappa shape index (κ3) is 5.33. The van der Waals surface area contributed by atoms with Gasteiger partial charge in [-0.3, -0.25) is 10.0 Å². The number of benzene rings is 2. The van der Waals surface area contributed by atoms with Crippen molar-refractivity contribution in [2.75, 3.05) is 6.26 Å². The smallest absolute Gasteiger partial charge is 0.264 e. The number of nitrogens with one attached hydrogen (secondary N) is 1. The van der Waals surface area contributed by atoms with E-state index in [1.165, 1.54) is 23.5 Å². The molecule has 0 saturated carbocycles. The minimum Gasteiger partial charge on any atom is -0.489 e. The normalized spacial score (nSPS) is 13.6. The fourth-order valence-corrected chi connectivity index (χ4v) is 3.90. The number of sulfone groups is 1. The highest BCUT2D eigenvalue weighted by Gasteiger charge is 2.43. The van der Waals surface area contributed by atoms with Gasteiger partial charge in [-0.25, -0.2) is 13.9 Å². The predicted octanol–water partition coefficient (Wildman–Crippen LogP) is 3.12. The van der Waals surface area contributed by atoms with E-state index in [0.29, 0.717) is 18.8 Å². The van der Waals surface area contributed by atoms with Gasteiger partial charge >= 0.3 is 0 Å². The third-order valence-corrected chi connectivity index (χ3v) is 6.93. The van der Waals surface area contributed by atoms with Crippen LogP contribution in [0.2, 0.25) is 0 Å². The number of hydroxylamine groups is 1. The average molecular weight is 406 g/mol. The van der Waals surface area contributed by atoms with Gasteiger partial charge in [-0.05, 0) is 56.9 Å². The predicted molar refractivity (Wildman–Crippen MR) is 108 cm³/mol. The molecule has 2 aromatic carbocycles. The molecule has 6 nitrogen and oxygen atoms in total. The van der Waals surface area contributed by atoms with Crippen molar-refractivity contribution in [3.8, 4) is 5.75 Å². The molecule has 0 aliphatic heterocycles. The van der Waals surface area contributed by atoms with Gasteiger partial charge in [-0.1, -0.05) is 41.5 Å². The highest BCUT2D eigenvalue weighted by molar-refractivity contribution is 7.92. The first-order valence-electron chi connectivity index (χ1n) is 8.98. The molecule has 2 aromatic rings. The van der Waals surface area contributed by atoms with E-state index < -0.39 is 20.5 Å². The molecule has 7 heteroatoms. The molecule has 0 fully saturated rings. The van der Waals surface area contributed by atoms with Gasteiger partial charge in [0.1, 0.15) is 17.1 Å². The van der Waals surface area contributed by atoms with E-state index in [1.54, 1.807) is 0 Å². The molecule has 0 aromatic heterocycles. The second-order valence-corrected chi connectivity index (χ2v) is 9.82. The van der Waals surface area contributed by atoms with Crippen molar-refractivity contribution in [1.82, 2.24) is 5.48 Å². The zero-order chi connectivity index (χ0) is 20.9. The van der Waals surface area contributed by atoms with Gasteiger partial charge in [0.05, 0.1) is 0 Å². The number of carbonyl (C=O) groups excluding carboxylic acids is 1. The van der Waals surface area contributed by atoms with E-state index in [4.69, 9.17) is 9.94 Å². The largest absolute Gasteiger partial charge is 0.489 e. The summed E-state index contributed by atoms with van der Waals surface area (Å²) in [5, 5.41) is 8.87. The van der Waals surface area contributed by atoms with Crippen LogP contribution < -0.4 is 10.2 Å². The Bertz CT molecular complexity index is 918. The second-order valence-electron chi connectivity index (χ2n) is 7.37. The zero-order valence-electron chi connectivity index (χ0n) is 16.7. The van der Waals surface area contributed by atoms with Gasteiger partial charge in [0.15, 0.2) is 9.84 Å². The van der Waals surface area contributed by atoms with E-state index in [1.807, 2.05) is 38.1 Å². The van der Waals surface area contributed by atoms with Crippen molar-refractivity contribution in [3.05, 3.63) is 64.7 Å². The first kappa shape index (κ1) is 21.9. The molecule has 0 spiro atoms. The highest BCUT2D eigenvalue weighted by atomic mass is 32.2. The molecule has 0 bridgehead atoms. The van der Waals surface area contributed by atoms with E-state index in [0.717, 1.165) is 17.4 Å². The van der Waals surface area contributed by atoms with Crippen LogP contribution in [0.15, 0.2) is 42.5 Å². The summed E-state index contributed by atoms with van der Waals surface area (Å²) in [7, 11) is -3.70. The summed E-state index contributed by atoms with van der Waals surface area (Å²) in [6, 6.07) is 13.6. The van der Waals surface area contributed by atoms with Crippen molar-refractivity contribution < 1.29 is 23.2 Å². The van der Waals surface area contributed by atoms with E-state index >= 15 is 0 Å². The van der Waals surface area contributed by atoms with Crippen LogP contribution in [-0.4, -0.2) is 30.5 Å². The van der Waals surface area contributed by atoms with Crippen molar-refractivity contribution in [1.29, 1.82) is 0 Å². The van der Waals surface area contributed by atoms with Gasteiger partial charge in [0, 0.05) is 6.26 Å². The molecule has 0 aliphatic carbocycles. The molecule has 1 amide bonds. The number of ether oxygens (including phenoxy) is 1. The van der Waals surface area contributed by atoms with Crippen LogP contribution in [0.3, 0.4) is 0 Å². The number of carbonyl (C=O) groups is 1. The molecule has 1 atom stereocenters. The Balaban J connectivity index is 2.01. The maximum atomic E-state index is 12.0. The highest BCUT2D eigenvalue weighted by Crippen LogP contribution is 2.24. The Morgan fingerprint density at radius 1 is 1.07 bits per heavy atom. The number of aryl methyl sites for hydroxylation is 3. The summed E-state index contributed by atoms with van der Waals surface area (Å²) >= 11 is 0. The summed E-state index contributed by atoms with van der Waals surface area (Å²) in [5.41, 5.74) is 5.81. The zero-order valence-corrected chi connectivity index (χ0v) is 17.5. The first-order chi connectivity index (χ1) is 13.0. The Labute approximate surface area is 166 Å². The molecule has 1 unspecified atom stereocenters. The monoisotopic (exact) mass is 405 g/mol. The maximum absolute atomic E-state index is 12.0. The molecule has 0 radical (unpaired) electrons. The Morgan fingerprint density at radius 3 is 2.14 bits per heavy atom. The number of rotatable bonds is 8. The summed E-state index contributed by atoms with van der Waals surface area (Å²) in [4.78, 5) is 11.9. The number of amides is 1. The minimum atomic E-state index is -3.70. The van der Waals surface area contributed by atoms with Crippen LogP contribution in [-0.2, 0) is 27.7 Å². The fourth-order valence-electron chi connectivity index (χ4n) is 3.04. The van der Waals surface area contributed by atoms with Gasteiger partial charge < -0.3 is 4.74 Å². The first-order valence-corrected chi connectivity index (χ1v) is 10.9. The Morgan fingerprint density at radius 2 is 1.64 bits per heavy atom. The molecular formula is C21H27NO5S. The van der Waals surface area contributed by atoms with Crippen LogP contribution in [0.25, 0.3) is 0 Å². The summed E-state index contributed by atoms with van der Waals surface area (Å²) in [6.07, 6.45) is 1.42. The Hall–Kier alpha value is -2.38. The molecule has 0 heterocycles. The van der Waals surface area contributed by atoms with Gasteiger partial charge in [-0.15, -0.1) is 0 Å². The molecule has 2 N–H and O–H groups in total. The Kier molecular flexibility index (Phi) is 6.85. The van der Waals surface area contributed by atoms with Crippen LogP contribution >= 0.6 is 0 Å². The molecule has 152 valence electrons. The van der Waals surface area contributed by atoms with Crippen LogP contribution in [0.1, 0.15) is 35.6 Å². The molecule has 2 rings (SSSR count). The summed E-state index contributed by atoms with van der Waals surface area (Å²) in [6.45, 7) is 5.87. The summed E-state index contributed by atoms with van der Waals surface area (Å²) < 4.78 is 28.1. The molecule has 28 heavy (non-hydrogen) atoms.